The third kappa shape index (κ3) is 4.66. The number of hydrogen-bond acceptors (Lipinski definition) is 6. The number of anilines is 2. The molecule has 2 aromatic rings. The van der Waals surface area contributed by atoms with Gasteiger partial charge in [-0.25, -0.2) is 0 Å². The first-order valence-corrected chi connectivity index (χ1v) is 15.0. The zero-order valence-corrected chi connectivity index (χ0v) is 25.7. The number of carbonyl (C=O) groups excluding carboxylic acids is 3. The van der Waals surface area contributed by atoms with Gasteiger partial charge in [-0.15, -0.1) is 0 Å². The predicted molar refractivity (Wildman–Crippen MR) is 160 cm³/mol. The predicted octanol–water partition coefficient (Wildman–Crippen LogP) is 4.65. The molecule has 0 radical (unpaired) electrons. The van der Waals surface area contributed by atoms with E-state index >= 15 is 0 Å². The Morgan fingerprint density at radius 3 is 2.45 bits per heavy atom. The maximum atomic E-state index is 14.4. The summed E-state index contributed by atoms with van der Waals surface area (Å²) in [6, 6.07) is 10.7. The number of hydrogen-bond donors (Lipinski definition) is 3. The first kappa shape index (κ1) is 30.3. The number of benzene rings is 2. The highest BCUT2D eigenvalue weighted by molar-refractivity contribution is 6.34. The minimum absolute atomic E-state index is 0.124. The van der Waals surface area contributed by atoms with Gasteiger partial charge in [0.1, 0.15) is 17.4 Å². The second kappa shape index (κ2) is 11.2. The number of likely N-dealkylation sites (tertiary alicyclic amines) is 1. The van der Waals surface area contributed by atoms with Gasteiger partial charge < -0.3 is 30.1 Å². The van der Waals surface area contributed by atoms with E-state index in [1.807, 2.05) is 47.6 Å². The fourth-order valence-corrected chi connectivity index (χ4v) is 7.63. The molecular formula is C32H40ClN3O6. The molecule has 0 aromatic heterocycles. The molecule has 1 spiro atoms. The van der Waals surface area contributed by atoms with Crippen molar-refractivity contribution in [2.75, 3.05) is 23.8 Å². The van der Waals surface area contributed by atoms with E-state index in [2.05, 4.69) is 10.6 Å². The largest absolute Gasteiger partial charge is 0.494 e. The van der Waals surface area contributed by atoms with E-state index in [1.165, 1.54) is 4.90 Å². The molecule has 3 aliphatic heterocycles. The van der Waals surface area contributed by atoms with Crippen LogP contribution in [0.5, 0.6) is 5.75 Å². The van der Waals surface area contributed by atoms with Crippen LogP contribution in [0.4, 0.5) is 11.4 Å². The normalized spacial score (nSPS) is 30.4. The highest BCUT2D eigenvalue weighted by atomic mass is 35.5. The van der Waals surface area contributed by atoms with Crippen LogP contribution >= 0.6 is 11.6 Å². The lowest BCUT2D eigenvalue weighted by molar-refractivity contribution is -0.149. The summed E-state index contributed by atoms with van der Waals surface area (Å²) in [6.45, 7) is 11.6. The Morgan fingerprint density at radius 1 is 1.17 bits per heavy atom. The number of rotatable bonds is 9. The van der Waals surface area contributed by atoms with Crippen molar-refractivity contribution in [2.24, 2.45) is 23.7 Å². The minimum atomic E-state index is -1.26. The first-order chi connectivity index (χ1) is 19.9. The number of halogens is 1. The summed E-state index contributed by atoms with van der Waals surface area (Å²) in [6.07, 6.45) is 0.416. The van der Waals surface area contributed by atoms with Crippen LogP contribution in [0.2, 0.25) is 5.02 Å². The number of carbonyl (C=O) groups is 3. The molecule has 2 aromatic carbocycles. The van der Waals surface area contributed by atoms with Gasteiger partial charge in [-0.05, 0) is 74.9 Å². The number of aliphatic hydroxyl groups excluding tert-OH is 1. The highest BCUT2D eigenvalue weighted by Gasteiger charge is 2.80. The van der Waals surface area contributed by atoms with Gasteiger partial charge in [0.05, 0.1) is 47.4 Å². The number of nitrogens with one attached hydrogen (secondary N) is 2. The van der Waals surface area contributed by atoms with Crippen molar-refractivity contribution < 1.29 is 29.0 Å². The van der Waals surface area contributed by atoms with Crippen molar-refractivity contribution >= 4 is 40.7 Å². The van der Waals surface area contributed by atoms with Gasteiger partial charge in [-0.1, -0.05) is 44.5 Å². The van der Waals surface area contributed by atoms with Crippen LogP contribution in [0, 0.1) is 30.6 Å². The van der Waals surface area contributed by atoms with Crippen molar-refractivity contribution in [1.82, 2.24) is 4.90 Å². The van der Waals surface area contributed by atoms with Crippen molar-refractivity contribution in [3.8, 4) is 5.75 Å². The molecule has 226 valence electrons. The molecule has 3 heterocycles. The molecule has 3 aliphatic rings. The topological polar surface area (TPSA) is 117 Å². The van der Waals surface area contributed by atoms with Crippen LogP contribution in [0.25, 0.3) is 0 Å². The summed E-state index contributed by atoms with van der Waals surface area (Å²) in [4.78, 5) is 44.2. The summed E-state index contributed by atoms with van der Waals surface area (Å²) in [5.74, 6) is -2.51. The minimum Gasteiger partial charge on any atom is -0.494 e. The Labute approximate surface area is 251 Å². The maximum Gasteiger partial charge on any atom is 0.250 e. The number of nitrogens with zero attached hydrogens (tertiary/aromatic N) is 1. The van der Waals surface area contributed by atoms with Crippen molar-refractivity contribution in [3.63, 3.8) is 0 Å². The summed E-state index contributed by atoms with van der Waals surface area (Å²) >= 11 is 6.46. The number of para-hydroxylation sites is 1. The summed E-state index contributed by atoms with van der Waals surface area (Å²) in [5.41, 5.74) is -0.440. The summed E-state index contributed by atoms with van der Waals surface area (Å²) in [5, 5.41) is 16.8. The standard InChI is InChI=1S/C32H40ClN3O6/c1-7-41-21-13-11-20(12-14-21)34-28(38)24-25-30(40)36(23(16-37)17(2)3)27(32(25)15-19(5)31(24,6)42-32)29(39)35-26-18(4)9-8-10-22(26)33/h8-14,17,19,23-25,27,37H,7,15-16H2,1-6H3,(H,34,38)(H,35,39)/t19?,23-,24+,25-,27?,31-,32?/m0/s1. The quantitative estimate of drug-likeness (QED) is 0.387. The molecular weight excluding hydrogens is 558 g/mol. The molecule has 3 fully saturated rings. The third-order valence-corrected chi connectivity index (χ3v) is 9.82. The zero-order chi connectivity index (χ0) is 30.6. The van der Waals surface area contributed by atoms with Gasteiger partial charge in [0.15, 0.2) is 0 Å². The lowest BCUT2D eigenvalue weighted by atomic mass is 9.62. The summed E-state index contributed by atoms with van der Waals surface area (Å²) < 4.78 is 12.3. The third-order valence-electron chi connectivity index (χ3n) is 9.50. The van der Waals surface area contributed by atoms with Gasteiger partial charge in [-0.2, -0.15) is 0 Å². The van der Waals surface area contributed by atoms with E-state index in [9.17, 15) is 19.5 Å². The Balaban J connectivity index is 1.55. The molecule has 2 bridgehead atoms. The maximum absolute atomic E-state index is 14.4. The zero-order valence-electron chi connectivity index (χ0n) is 24.9. The molecule has 3 saturated heterocycles. The van der Waals surface area contributed by atoms with Crippen LogP contribution in [-0.4, -0.2) is 64.2 Å². The fraction of sp³-hybridized carbons (Fsp3) is 0.531. The Bertz CT molecular complexity index is 1360. The van der Waals surface area contributed by atoms with Crippen molar-refractivity contribution in [1.29, 1.82) is 0 Å². The van der Waals surface area contributed by atoms with E-state index in [4.69, 9.17) is 21.1 Å². The number of amides is 3. The van der Waals surface area contributed by atoms with Gasteiger partial charge in [0, 0.05) is 5.69 Å². The van der Waals surface area contributed by atoms with Crippen molar-refractivity contribution in [2.45, 2.75) is 71.2 Å². The van der Waals surface area contributed by atoms with E-state index in [-0.39, 0.29) is 30.3 Å². The molecule has 10 heteroatoms. The van der Waals surface area contributed by atoms with Gasteiger partial charge in [0.2, 0.25) is 17.7 Å². The second-order valence-electron chi connectivity index (χ2n) is 12.3. The molecule has 0 saturated carbocycles. The Hall–Kier alpha value is -3.14. The SMILES string of the molecule is CCOc1ccc(NC(=O)[C@H]2[C@H]3C(=O)N([C@@H](CO)C(C)C)C(C(=O)Nc4c(C)cccc4Cl)C34CC(C)[C@]2(C)O4)cc1. The number of ether oxygens (including phenoxy) is 2. The molecule has 9 nitrogen and oxygen atoms in total. The number of fused-ring (bicyclic) bond motifs is 1. The first-order valence-electron chi connectivity index (χ1n) is 14.6. The molecule has 42 heavy (non-hydrogen) atoms. The molecule has 7 atom stereocenters. The van der Waals surface area contributed by atoms with Crippen LogP contribution < -0.4 is 15.4 Å². The highest BCUT2D eigenvalue weighted by Crippen LogP contribution is 2.65. The number of aryl methyl sites for hydroxylation is 1. The summed E-state index contributed by atoms with van der Waals surface area (Å²) in [7, 11) is 0. The fourth-order valence-electron chi connectivity index (χ4n) is 7.36. The van der Waals surface area contributed by atoms with Crippen LogP contribution in [-0.2, 0) is 19.1 Å². The van der Waals surface area contributed by atoms with E-state index < -0.39 is 41.0 Å². The average molecular weight is 598 g/mol. The smallest absolute Gasteiger partial charge is 0.250 e. The van der Waals surface area contributed by atoms with Crippen LogP contribution in [0.3, 0.4) is 0 Å². The molecule has 3 N–H and O–H groups in total. The Morgan fingerprint density at radius 2 is 1.86 bits per heavy atom. The van der Waals surface area contributed by atoms with E-state index in [1.54, 1.807) is 36.4 Å². The van der Waals surface area contributed by atoms with Crippen LogP contribution in [0.1, 0.15) is 46.6 Å². The van der Waals surface area contributed by atoms with Crippen molar-refractivity contribution in [3.05, 3.63) is 53.1 Å². The average Bonchev–Trinajstić information content (AvgIpc) is 3.44. The molecule has 3 amide bonds. The van der Waals surface area contributed by atoms with Gasteiger partial charge in [0.25, 0.3) is 0 Å². The van der Waals surface area contributed by atoms with Crippen LogP contribution in [0.15, 0.2) is 42.5 Å². The lowest BCUT2D eigenvalue weighted by Gasteiger charge is -2.38. The molecule has 5 rings (SSSR count). The lowest BCUT2D eigenvalue weighted by Crippen LogP contribution is -2.57. The van der Waals surface area contributed by atoms with E-state index in [0.29, 0.717) is 35.2 Å². The van der Waals surface area contributed by atoms with Gasteiger partial charge in [-0.3, -0.25) is 14.4 Å². The Kier molecular flexibility index (Phi) is 8.06. The molecule has 0 aliphatic carbocycles. The van der Waals surface area contributed by atoms with Gasteiger partial charge >= 0.3 is 0 Å². The van der Waals surface area contributed by atoms with E-state index in [0.717, 1.165) is 5.56 Å². The monoisotopic (exact) mass is 597 g/mol. The molecule has 3 unspecified atom stereocenters. The number of aliphatic hydroxyl groups is 1. The second-order valence-corrected chi connectivity index (χ2v) is 12.7.